The Balaban J connectivity index is 1.99. The minimum absolute atomic E-state index is 0.0688. The van der Waals surface area contributed by atoms with Crippen molar-refractivity contribution in [2.45, 2.75) is 12.8 Å². The van der Waals surface area contributed by atoms with Crippen LogP contribution in [0.2, 0.25) is 0 Å². The zero-order valence-corrected chi connectivity index (χ0v) is 9.85. The molecule has 0 fully saturated rings. The third-order valence-electron chi connectivity index (χ3n) is 4.30. The summed E-state index contributed by atoms with van der Waals surface area (Å²) in [5, 5.41) is 0. The quantitative estimate of drug-likeness (QED) is 0.649. The lowest BCUT2D eigenvalue weighted by molar-refractivity contribution is 0.0949. The summed E-state index contributed by atoms with van der Waals surface area (Å²) in [6, 6.07) is 7.19. The molecule has 1 aromatic carbocycles. The average Bonchev–Trinajstić information content (AvgIpc) is 2.45. The van der Waals surface area contributed by atoms with Crippen LogP contribution in [0.1, 0.15) is 33.6 Å². The minimum Gasteiger partial charge on any atom is -0.289 e. The van der Waals surface area contributed by atoms with Gasteiger partial charge in [0.1, 0.15) is 0 Å². The lowest BCUT2D eigenvalue weighted by Gasteiger charge is -2.37. The van der Waals surface area contributed by atoms with Gasteiger partial charge in [0, 0.05) is 34.1 Å². The maximum atomic E-state index is 12.5. The van der Waals surface area contributed by atoms with Crippen LogP contribution in [0.3, 0.4) is 0 Å². The molecular weight excluding hydrogens is 224 g/mol. The normalized spacial score (nSPS) is 28.4. The molecule has 0 radical (unpaired) electrons. The van der Waals surface area contributed by atoms with E-state index in [0.29, 0.717) is 11.1 Å². The molecule has 0 heterocycles. The van der Waals surface area contributed by atoms with Gasteiger partial charge in [-0.2, -0.15) is 0 Å². The predicted molar refractivity (Wildman–Crippen MR) is 67.5 cm³/mol. The zero-order chi connectivity index (χ0) is 12.3. The molecule has 0 unspecified atom stereocenters. The number of fused-ring (bicyclic) bond motifs is 2. The van der Waals surface area contributed by atoms with Gasteiger partial charge in [-0.1, -0.05) is 36.4 Å². The Hall–Kier alpha value is -1.96. The van der Waals surface area contributed by atoms with Crippen molar-refractivity contribution in [3.63, 3.8) is 0 Å². The monoisotopic (exact) mass is 236 g/mol. The molecule has 0 saturated heterocycles. The molecule has 2 bridgehead atoms. The molecule has 4 aliphatic carbocycles. The van der Waals surface area contributed by atoms with Gasteiger partial charge in [0.2, 0.25) is 0 Å². The Morgan fingerprint density at radius 3 is 1.61 bits per heavy atom. The Morgan fingerprint density at radius 1 is 0.778 bits per heavy atom. The van der Waals surface area contributed by atoms with Crippen LogP contribution in [0.5, 0.6) is 0 Å². The summed E-state index contributed by atoms with van der Waals surface area (Å²) < 4.78 is 0. The predicted octanol–water partition coefficient (Wildman–Crippen LogP) is 2.96. The molecule has 88 valence electrons. The molecule has 0 aliphatic heterocycles. The summed E-state index contributed by atoms with van der Waals surface area (Å²) in [5.41, 5.74) is 2.72. The number of carbonyl (C=O) groups excluding carboxylic acids is 2. The first-order chi connectivity index (χ1) is 8.77. The first-order valence-corrected chi connectivity index (χ1v) is 6.38. The minimum atomic E-state index is 0.0688. The van der Waals surface area contributed by atoms with Crippen molar-refractivity contribution >= 4 is 11.6 Å². The van der Waals surface area contributed by atoms with Crippen LogP contribution in [0.4, 0.5) is 0 Å². The van der Waals surface area contributed by atoms with Crippen molar-refractivity contribution < 1.29 is 9.59 Å². The number of ketones is 2. The SMILES string of the molecule is O=C1C2=C(C(=O)c3ccccc31)[C@@H]1C=C[C@@H]2CC1. The van der Waals surface area contributed by atoms with Crippen LogP contribution >= 0.6 is 0 Å². The molecule has 0 saturated carbocycles. The van der Waals surface area contributed by atoms with E-state index in [4.69, 9.17) is 0 Å². The van der Waals surface area contributed by atoms with E-state index in [-0.39, 0.29) is 23.4 Å². The van der Waals surface area contributed by atoms with Gasteiger partial charge in [-0.3, -0.25) is 9.59 Å². The fourth-order valence-electron chi connectivity index (χ4n) is 3.45. The molecule has 18 heavy (non-hydrogen) atoms. The van der Waals surface area contributed by atoms with Crippen molar-refractivity contribution in [2.24, 2.45) is 11.8 Å². The van der Waals surface area contributed by atoms with E-state index in [1.807, 2.05) is 12.1 Å². The highest BCUT2D eigenvalue weighted by molar-refractivity contribution is 6.27. The molecule has 5 rings (SSSR count). The first kappa shape index (κ1) is 10.0. The van der Waals surface area contributed by atoms with Crippen molar-refractivity contribution in [1.29, 1.82) is 0 Å². The third kappa shape index (κ3) is 1.08. The molecular formula is C16H12O2. The molecule has 2 heteroatoms. The van der Waals surface area contributed by atoms with Crippen LogP contribution in [0.25, 0.3) is 0 Å². The Morgan fingerprint density at radius 2 is 1.22 bits per heavy atom. The van der Waals surface area contributed by atoms with Gasteiger partial charge in [0.05, 0.1) is 0 Å². The number of hydrogen-bond acceptors (Lipinski definition) is 2. The number of Topliss-reactive ketones (excluding diaryl/α,β-unsaturated/α-hetero) is 2. The third-order valence-corrected chi connectivity index (χ3v) is 4.30. The highest BCUT2D eigenvalue weighted by Crippen LogP contribution is 2.45. The maximum Gasteiger partial charge on any atom is 0.190 e. The van der Waals surface area contributed by atoms with Crippen LogP contribution in [-0.4, -0.2) is 11.6 Å². The van der Waals surface area contributed by atoms with Crippen molar-refractivity contribution in [2.75, 3.05) is 0 Å². The van der Waals surface area contributed by atoms with Gasteiger partial charge in [-0.05, 0) is 12.8 Å². The summed E-state index contributed by atoms with van der Waals surface area (Å²) in [4.78, 5) is 25.1. The summed E-state index contributed by atoms with van der Waals surface area (Å²) >= 11 is 0. The lowest BCUT2D eigenvalue weighted by atomic mass is 9.65. The summed E-state index contributed by atoms with van der Waals surface area (Å²) in [6.07, 6.45) is 6.21. The molecule has 4 aliphatic rings. The number of rotatable bonds is 0. The van der Waals surface area contributed by atoms with Gasteiger partial charge in [-0.15, -0.1) is 0 Å². The van der Waals surface area contributed by atoms with Crippen molar-refractivity contribution in [3.8, 4) is 0 Å². The first-order valence-electron chi connectivity index (χ1n) is 6.38. The average molecular weight is 236 g/mol. The largest absolute Gasteiger partial charge is 0.289 e. The topological polar surface area (TPSA) is 34.1 Å². The molecule has 0 amide bonds. The zero-order valence-electron chi connectivity index (χ0n) is 9.85. The van der Waals surface area contributed by atoms with Crippen LogP contribution in [0.15, 0.2) is 47.6 Å². The molecule has 0 aromatic heterocycles. The Bertz CT molecular complexity index is 594. The van der Waals surface area contributed by atoms with E-state index in [9.17, 15) is 9.59 Å². The lowest BCUT2D eigenvalue weighted by Crippen LogP contribution is -2.34. The van der Waals surface area contributed by atoms with E-state index in [1.165, 1.54) is 0 Å². The Kier molecular flexibility index (Phi) is 1.83. The molecule has 2 nitrogen and oxygen atoms in total. The standard InChI is InChI=1S/C16H12O2/c17-15-11-3-1-2-4-12(11)16(18)14-10-7-5-9(6-8-10)13(14)15/h1-5,7,9-10H,6,8H2/t9-,10-/m1/s1. The van der Waals surface area contributed by atoms with Crippen molar-refractivity contribution in [3.05, 3.63) is 58.7 Å². The molecule has 0 N–H and O–H groups in total. The van der Waals surface area contributed by atoms with E-state index in [0.717, 1.165) is 24.0 Å². The van der Waals surface area contributed by atoms with E-state index in [2.05, 4.69) is 12.2 Å². The van der Waals surface area contributed by atoms with Gasteiger partial charge < -0.3 is 0 Å². The number of carbonyl (C=O) groups is 2. The van der Waals surface area contributed by atoms with E-state index < -0.39 is 0 Å². The van der Waals surface area contributed by atoms with E-state index >= 15 is 0 Å². The van der Waals surface area contributed by atoms with Gasteiger partial charge >= 0.3 is 0 Å². The second-order valence-electron chi connectivity index (χ2n) is 5.21. The van der Waals surface area contributed by atoms with Gasteiger partial charge in [0.15, 0.2) is 11.6 Å². The second kappa shape index (κ2) is 3.29. The number of benzene rings is 1. The number of hydrogen-bond donors (Lipinski definition) is 0. The van der Waals surface area contributed by atoms with Crippen LogP contribution in [-0.2, 0) is 0 Å². The maximum absolute atomic E-state index is 12.5. The molecule has 2 atom stereocenters. The second-order valence-corrected chi connectivity index (χ2v) is 5.21. The van der Waals surface area contributed by atoms with Gasteiger partial charge in [-0.25, -0.2) is 0 Å². The number of allylic oxidation sites excluding steroid dienone is 4. The highest BCUT2D eigenvalue weighted by atomic mass is 16.1. The summed E-state index contributed by atoms with van der Waals surface area (Å²) in [7, 11) is 0. The molecule has 0 spiro atoms. The van der Waals surface area contributed by atoms with Crippen LogP contribution < -0.4 is 0 Å². The summed E-state index contributed by atoms with van der Waals surface area (Å²) in [6.45, 7) is 0. The Labute approximate surface area is 105 Å². The van der Waals surface area contributed by atoms with Crippen molar-refractivity contribution in [1.82, 2.24) is 0 Å². The fraction of sp³-hybridized carbons (Fsp3) is 0.250. The van der Waals surface area contributed by atoms with E-state index in [1.54, 1.807) is 12.1 Å². The van der Waals surface area contributed by atoms with Gasteiger partial charge in [0.25, 0.3) is 0 Å². The smallest absolute Gasteiger partial charge is 0.190 e. The van der Waals surface area contributed by atoms with Crippen LogP contribution in [0, 0.1) is 11.8 Å². The fourth-order valence-corrected chi connectivity index (χ4v) is 3.45. The highest BCUT2D eigenvalue weighted by Gasteiger charge is 2.42. The summed E-state index contributed by atoms with van der Waals surface area (Å²) in [5.74, 6) is 0.461. The molecule has 1 aromatic rings.